The first-order valence-corrected chi connectivity index (χ1v) is 9.00. The van der Waals surface area contributed by atoms with E-state index in [1.165, 1.54) is 12.1 Å². The number of halogens is 4. The van der Waals surface area contributed by atoms with E-state index in [9.17, 15) is 22.8 Å². The van der Waals surface area contributed by atoms with Crippen LogP contribution in [0.15, 0.2) is 41.3 Å². The molecule has 3 rings (SSSR count). The molecule has 0 bridgehead atoms. The van der Waals surface area contributed by atoms with Crippen molar-refractivity contribution in [2.24, 2.45) is 0 Å². The van der Waals surface area contributed by atoms with Crippen LogP contribution in [-0.4, -0.2) is 17.4 Å². The molecule has 0 aromatic heterocycles. The molecule has 1 aliphatic rings. The number of benzene rings is 2. The average Bonchev–Trinajstić information content (AvgIpc) is 2.87. The third-order valence-corrected chi connectivity index (χ3v) is 5.43. The van der Waals surface area contributed by atoms with Crippen LogP contribution in [0.4, 0.5) is 18.9 Å². The van der Waals surface area contributed by atoms with Gasteiger partial charge in [0.2, 0.25) is 5.91 Å². The summed E-state index contributed by atoms with van der Waals surface area (Å²) < 4.78 is 38.7. The Morgan fingerprint density at radius 2 is 1.96 bits per heavy atom. The van der Waals surface area contributed by atoms with Crippen LogP contribution in [0.2, 0.25) is 5.02 Å². The molecular formula is C18H13ClF3NO2S. The smallest absolute Gasteiger partial charge is 0.325 e. The predicted molar refractivity (Wildman–Crippen MR) is 95.0 cm³/mol. The van der Waals surface area contributed by atoms with Crippen molar-refractivity contribution >= 4 is 40.7 Å². The van der Waals surface area contributed by atoms with Crippen LogP contribution in [0.1, 0.15) is 34.3 Å². The fraction of sp³-hybridized carbons (Fsp3) is 0.222. The number of rotatable bonds is 4. The second kappa shape index (κ2) is 6.96. The molecule has 3 nitrogen and oxygen atoms in total. The molecule has 0 radical (unpaired) electrons. The molecule has 0 aliphatic carbocycles. The summed E-state index contributed by atoms with van der Waals surface area (Å²) in [4.78, 5) is 24.3. The fourth-order valence-corrected chi connectivity index (χ4v) is 3.69. The number of carbonyl (C=O) groups is 2. The highest BCUT2D eigenvalue weighted by atomic mass is 35.5. The van der Waals surface area contributed by atoms with Crippen LogP contribution in [-0.2, 0) is 11.0 Å². The number of thioether (sulfide) groups is 1. The van der Waals surface area contributed by atoms with Crippen LogP contribution < -0.4 is 5.32 Å². The minimum Gasteiger partial charge on any atom is -0.325 e. The summed E-state index contributed by atoms with van der Waals surface area (Å²) in [6.07, 6.45) is -4.55. The van der Waals surface area contributed by atoms with Gasteiger partial charge in [0.15, 0.2) is 5.78 Å². The highest BCUT2D eigenvalue weighted by molar-refractivity contribution is 8.00. The largest absolute Gasteiger partial charge is 0.417 e. The highest BCUT2D eigenvalue weighted by Gasteiger charge is 2.33. The van der Waals surface area contributed by atoms with E-state index in [1.807, 2.05) is 0 Å². The van der Waals surface area contributed by atoms with Crippen molar-refractivity contribution in [1.29, 1.82) is 0 Å². The Labute approximate surface area is 156 Å². The molecule has 1 atom stereocenters. The Balaban J connectivity index is 1.73. The van der Waals surface area contributed by atoms with Gasteiger partial charge in [-0.3, -0.25) is 9.59 Å². The molecule has 1 N–H and O–H groups in total. The number of amides is 1. The van der Waals surface area contributed by atoms with E-state index < -0.39 is 11.7 Å². The molecule has 0 saturated carbocycles. The van der Waals surface area contributed by atoms with Gasteiger partial charge in [-0.2, -0.15) is 13.2 Å². The van der Waals surface area contributed by atoms with E-state index in [1.54, 1.807) is 25.1 Å². The van der Waals surface area contributed by atoms with E-state index in [0.29, 0.717) is 16.1 Å². The second-order valence-electron chi connectivity index (χ2n) is 5.86. The normalized spacial score (nSPS) is 16.3. The third kappa shape index (κ3) is 3.73. The first kappa shape index (κ1) is 18.8. The SMILES string of the molecule is C[C@H]1C(=O)Nc2ccc(C(=O)CSc3ccc(Cl)c(C(F)(F)F)c3)cc21. The predicted octanol–water partition coefficient (Wildman–Crippen LogP) is 5.39. The number of Topliss-reactive ketones (excluding diaryl/α,β-unsaturated/α-hetero) is 1. The van der Waals surface area contributed by atoms with E-state index in [0.717, 1.165) is 23.4 Å². The maximum atomic E-state index is 12.9. The second-order valence-corrected chi connectivity index (χ2v) is 7.32. The zero-order valence-corrected chi connectivity index (χ0v) is 15.1. The number of alkyl halides is 3. The Kier molecular flexibility index (Phi) is 5.03. The van der Waals surface area contributed by atoms with Gasteiger partial charge in [-0.05, 0) is 48.9 Å². The Morgan fingerprint density at radius 3 is 2.65 bits per heavy atom. The summed E-state index contributed by atoms with van der Waals surface area (Å²) in [5.74, 6) is -0.711. The molecule has 1 amide bonds. The number of hydrogen-bond acceptors (Lipinski definition) is 3. The van der Waals surface area contributed by atoms with Gasteiger partial charge in [0.05, 0.1) is 22.3 Å². The van der Waals surface area contributed by atoms with Gasteiger partial charge >= 0.3 is 6.18 Å². The maximum Gasteiger partial charge on any atom is 0.417 e. The van der Waals surface area contributed by atoms with Gasteiger partial charge in [0.25, 0.3) is 0 Å². The Hall–Kier alpha value is -1.99. The lowest BCUT2D eigenvalue weighted by atomic mass is 9.99. The molecule has 2 aromatic carbocycles. The molecule has 0 unspecified atom stereocenters. The molecule has 1 aliphatic heterocycles. The van der Waals surface area contributed by atoms with Crippen LogP contribution in [0.3, 0.4) is 0 Å². The van der Waals surface area contributed by atoms with Gasteiger partial charge < -0.3 is 5.32 Å². The first-order valence-electron chi connectivity index (χ1n) is 7.64. The van der Waals surface area contributed by atoms with Crippen molar-refractivity contribution in [3.8, 4) is 0 Å². The molecule has 136 valence electrons. The number of fused-ring (bicyclic) bond motifs is 1. The molecule has 26 heavy (non-hydrogen) atoms. The lowest BCUT2D eigenvalue weighted by Gasteiger charge is -2.11. The number of ketones is 1. The summed E-state index contributed by atoms with van der Waals surface area (Å²) in [6, 6.07) is 8.48. The number of anilines is 1. The molecule has 8 heteroatoms. The van der Waals surface area contributed by atoms with Gasteiger partial charge in [-0.1, -0.05) is 11.6 Å². The number of nitrogens with one attached hydrogen (secondary N) is 1. The summed E-state index contributed by atoms with van der Waals surface area (Å²) in [7, 11) is 0. The maximum absolute atomic E-state index is 12.9. The van der Waals surface area contributed by atoms with Crippen molar-refractivity contribution in [2.75, 3.05) is 11.1 Å². The number of hydrogen-bond donors (Lipinski definition) is 1. The van der Waals surface area contributed by atoms with Crippen molar-refractivity contribution in [2.45, 2.75) is 23.9 Å². The van der Waals surface area contributed by atoms with E-state index in [-0.39, 0.29) is 28.4 Å². The third-order valence-electron chi connectivity index (χ3n) is 4.10. The average molecular weight is 400 g/mol. The number of carbonyl (C=O) groups excluding carboxylic acids is 2. The van der Waals surface area contributed by atoms with Crippen LogP contribution in [0.5, 0.6) is 0 Å². The standard InChI is InChI=1S/C18H13ClF3NO2S/c1-9-12-6-10(2-5-15(12)23-17(9)25)16(24)8-26-11-3-4-14(19)13(7-11)18(20,21)22/h2-7,9H,8H2,1H3,(H,23,25)/t9-/m1/s1. The van der Waals surface area contributed by atoms with Crippen LogP contribution in [0, 0.1) is 0 Å². The van der Waals surface area contributed by atoms with Gasteiger partial charge in [0.1, 0.15) is 0 Å². The Bertz CT molecular complexity index is 898. The summed E-state index contributed by atoms with van der Waals surface area (Å²) >= 11 is 6.60. The monoisotopic (exact) mass is 399 g/mol. The van der Waals surface area contributed by atoms with Gasteiger partial charge in [-0.15, -0.1) is 11.8 Å². The molecule has 0 spiro atoms. The zero-order chi connectivity index (χ0) is 19.1. The van der Waals surface area contributed by atoms with Crippen LogP contribution in [0.25, 0.3) is 0 Å². The van der Waals surface area contributed by atoms with Gasteiger partial charge in [0, 0.05) is 16.1 Å². The van der Waals surface area contributed by atoms with Crippen molar-refractivity contribution < 1.29 is 22.8 Å². The molecule has 1 heterocycles. The summed E-state index contributed by atoms with van der Waals surface area (Å²) in [5.41, 5.74) is 0.924. The minimum atomic E-state index is -4.55. The topological polar surface area (TPSA) is 46.2 Å². The molecule has 0 fully saturated rings. The lowest BCUT2D eigenvalue weighted by Crippen LogP contribution is -2.08. The van der Waals surface area contributed by atoms with Crippen molar-refractivity contribution in [1.82, 2.24) is 0 Å². The molecular weight excluding hydrogens is 387 g/mol. The van der Waals surface area contributed by atoms with Gasteiger partial charge in [-0.25, -0.2) is 0 Å². The molecule has 0 saturated heterocycles. The Morgan fingerprint density at radius 1 is 1.23 bits per heavy atom. The highest BCUT2D eigenvalue weighted by Crippen LogP contribution is 2.37. The minimum absolute atomic E-state index is 0.0204. The van der Waals surface area contributed by atoms with Crippen molar-refractivity contribution in [3.05, 3.63) is 58.1 Å². The van der Waals surface area contributed by atoms with E-state index >= 15 is 0 Å². The fourth-order valence-electron chi connectivity index (χ4n) is 2.63. The zero-order valence-electron chi connectivity index (χ0n) is 13.5. The lowest BCUT2D eigenvalue weighted by molar-refractivity contribution is -0.137. The van der Waals surface area contributed by atoms with E-state index in [2.05, 4.69) is 5.32 Å². The first-order chi connectivity index (χ1) is 12.2. The van der Waals surface area contributed by atoms with E-state index in [4.69, 9.17) is 11.6 Å². The quantitative estimate of drug-likeness (QED) is 0.554. The summed E-state index contributed by atoms with van der Waals surface area (Å²) in [6.45, 7) is 1.75. The van der Waals surface area contributed by atoms with Crippen LogP contribution >= 0.6 is 23.4 Å². The summed E-state index contributed by atoms with van der Waals surface area (Å²) in [5, 5.41) is 2.35. The molecule has 2 aromatic rings. The van der Waals surface area contributed by atoms with Crippen molar-refractivity contribution in [3.63, 3.8) is 0 Å².